The van der Waals surface area contributed by atoms with E-state index in [2.05, 4.69) is 30.6 Å². The van der Waals surface area contributed by atoms with Gasteiger partial charge in [-0.25, -0.2) is 9.97 Å². The number of hydrogen-bond acceptors (Lipinski definition) is 7. The number of rotatable bonds is 7. The topological polar surface area (TPSA) is 95.9 Å². The van der Waals surface area contributed by atoms with E-state index in [0.29, 0.717) is 35.6 Å². The largest absolute Gasteiger partial charge is 0.396 e. The molecule has 2 aromatic heterocycles. The number of aromatic nitrogens is 4. The van der Waals surface area contributed by atoms with Gasteiger partial charge in [0, 0.05) is 19.7 Å². The standard InChI is InChI=1S/C12H16Cl2N6O/c1-2-4-15-9-7-8(18-11(13)19-9)10(16-5-3-6-21)20-12(14)17-7/h21H,2-6H2,1H3,(H,15,18,19)(H,16,17,20). The summed E-state index contributed by atoms with van der Waals surface area (Å²) in [6.07, 6.45) is 1.52. The Bertz CT molecular complexity index is 624. The van der Waals surface area contributed by atoms with Crippen LogP contribution in [-0.2, 0) is 0 Å². The Labute approximate surface area is 132 Å². The molecule has 0 aliphatic rings. The van der Waals surface area contributed by atoms with E-state index in [1.807, 2.05) is 6.92 Å². The van der Waals surface area contributed by atoms with Crippen molar-refractivity contribution in [2.75, 3.05) is 30.3 Å². The van der Waals surface area contributed by atoms with Gasteiger partial charge in [0.05, 0.1) is 0 Å². The number of anilines is 2. The summed E-state index contributed by atoms with van der Waals surface area (Å²) in [6, 6.07) is 0. The van der Waals surface area contributed by atoms with Gasteiger partial charge in [0.15, 0.2) is 11.6 Å². The molecule has 0 bridgehead atoms. The van der Waals surface area contributed by atoms with E-state index >= 15 is 0 Å². The minimum Gasteiger partial charge on any atom is -0.396 e. The van der Waals surface area contributed by atoms with E-state index in [-0.39, 0.29) is 17.2 Å². The molecule has 0 radical (unpaired) electrons. The van der Waals surface area contributed by atoms with Gasteiger partial charge in [-0.05, 0) is 36.0 Å². The van der Waals surface area contributed by atoms with Crippen LogP contribution < -0.4 is 10.6 Å². The van der Waals surface area contributed by atoms with Crippen molar-refractivity contribution in [2.45, 2.75) is 19.8 Å². The Balaban J connectivity index is 2.46. The predicted molar refractivity (Wildman–Crippen MR) is 84.1 cm³/mol. The van der Waals surface area contributed by atoms with Crippen LogP contribution in [0.3, 0.4) is 0 Å². The molecule has 2 heterocycles. The fourth-order valence-corrected chi connectivity index (χ4v) is 2.07. The fourth-order valence-electron chi connectivity index (χ4n) is 1.74. The van der Waals surface area contributed by atoms with E-state index in [9.17, 15) is 0 Å². The lowest BCUT2D eigenvalue weighted by molar-refractivity contribution is 0.292. The highest BCUT2D eigenvalue weighted by molar-refractivity contribution is 6.30. The van der Waals surface area contributed by atoms with Crippen LogP contribution in [0.4, 0.5) is 11.6 Å². The van der Waals surface area contributed by atoms with Crippen molar-refractivity contribution in [1.82, 2.24) is 19.9 Å². The van der Waals surface area contributed by atoms with E-state index in [1.165, 1.54) is 0 Å². The first-order valence-electron chi connectivity index (χ1n) is 6.65. The van der Waals surface area contributed by atoms with Gasteiger partial charge in [-0.15, -0.1) is 0 Å². The third-order valence-electron chi connectivity index (χ3n) is 2.66. The summed E-state index contributed by atoms with van der Waals surface area (Å²) in [4.78, 5) is 16.6. The molecule has 0 aliphatic heterocycles. The number of aliphatic hydroxyl groups excluding tert-OH is 1. The molecule has 0 saturated carbocycles. The van der Waals surface area contributed by atoms with Crippen molar-refractivity contribution in [1.29, 1.82) is 0 Å². The fraction of sp³-hybridized carbons (Fsp3) is 0.500. The SMILES string of the molecule is CCCNc1nc(Cl)nc2c(NCCCO)nc(Cl)nc12. The Morgan fingerprint density at radius 1 is 0.905 bits per heavy atom. The Hall–Kier alpha value is -1.44. The number of fused-ring (bicyclic) bond motifs is 1. The van der Waals surface area contributed by atoms with Gasteiger partial charge in [-0.1, -0.05) is 6.92 Å². The molecule has 114 valence electrons. The summed E-state index contributed by atoms with van der Waals surface area (Å²) in [5, 5.41) is 15.3. The minimum atomic E-state index is 0.0861. The monoisotopic (exact) mass is 330 g/mol. The van der Waals surface area contributed by atoms with Crippen LogP contribution in [0.5, 0.6) is 0 Å². The quantitative estimate of drug-likeness (QED) is 0.529. The highest BCUT2D eigenvalue weighted by atomic mass is 35.5. The number of hydrogen-bond donors (Lipinski definition) is 3. The molecule has 0 aliphatic carbocycles. The van der Waals surface area contributed by atoms with Gasteiger partial charge in [-0.2, -0.15) is 9.97 Å². The van der Waals surface area contributed by atoms with Crippen molar-refractivity contribution in [3.63, 3.8) is 0 Å². The molecule has 2 aromatic rings. The third-order valence-corrected chi connectivity index (χ3v) is 3.00. The predicted octanol–water partition coefficient (Wildman–Crippen LogP) is 2.34. The van der Waals surface area contributed by atoms with Gasteiger partial charge in [0.1, 0.15) is 11.0 Å². The average molecular weight is 331 g/mol. The smallest absolute Gasteiger partial charge is 0.225 e. The molecule has 7 nitrogen and oxygen atoms in total. The number of nitrogens with one attached hydrogen (secondary N) is 2. The maximum atomic E-state index is 8.84. The van der Waals surface area contributed by atoms with Gasteiger partial charge >= 0.3 is 0 Å². The molecule has 0 fully saturated rings. The summed E-state index contributed by atoms with van der Waals surface area (Å²) >= 11 is 11.9. The summed E-state index contributed by atoms with van der Waals surface area (Å²) in [7, 11) is 0. The molecule has 0 unspecified atom stereocenters. The lowest BCUT2D eigenvalue weighted by atomic mass is 10.3. The van der Waals surface area contributed by atoms with Crippen LogP contribution in [0, 0.1) is 0 Å². The molecule has 2 rings (SSSR count). The Morgan fingerprint density at radius 3 is 1.90 bits per heavy atom. The van der Waals surface area contributed by atoms with Gasteiger partial charge in [0.25, 0.3) is 0 Å². The molecule has 0 saturated heterocycles. The second kappa shape index (κ2) is 7.53. The molecule has 0 amide bonds. The second-order valence-corrected chi connectivity index (χ2v) is 4.99. The maximum Gasteiger partial charge on any atom is 0.225 e. The van der Waals surface area contributed by atoms with E-state index < -0.39 is 0 Å². The second-order valence-electron chi connectivity index (χ2n) is 4.31. The molecule has 21 heavy (non-hydrogen) atoms. The molecule has 0 spiro atoms. The van der Waals surface area contributed by atoms with Crippen LogP contribution in [-0.4, -0.2) is 44.7 Å². The zero-order valence-corrected chi connectivity index (χ0v) is 13.0. The molecular weight excluding hydrogens is 315 g/mol. The molecular formula is C12H16Cl2N6O. The first kappa shape index (κ1) is 15.9. The summed E-state index contributed by atoms with van der Waals surface area (Å²) < 4.78 is 0. The summed E-state index contributed by atoms with van der Waals surface area (Å²) in [6.45, 7) is 3.40. The van der Waals surface area contributed by atoms with Gasteiger partial charge < -0.3 is 15.7 Å². The van der Waals surface area contributed by atoms with Crippen molar-refractivity contribution in [3.05, 3.63) is 10.6 Å². The number of halogens is 2. The molecule has 3 N–H and O–H groups in total. The first-order valence-corrected chi connectivity index (χ1v) is 7.40. The maximum absolute atomic E-state index is 8.84. The van der Waals surface area contributed by atoms with Crippen LogP contribution in [0.25, 0.3) is 11.0 Å². The lowest BCUT2D eigenvalue weighted by Crippen LogP contribution is -2.09. The Kier molecular flexibility index (Phi) is 5.72. The van der Waals surface area contributed by atoms with Crippen LogP contribution in [0.15, 0.2) is 0 Å². The average Bonchev–Trinajstić information content (AvgIpc) is 2.45. The van der Waals surface area contributed by atoms with Crippen LogP contribution >= 0.6 is 23.2 Å². The van der Waals surface area contributed by atoms with Crippen LogP contribution in [0.1, 0.15) is 19.8 Å². The van der Waals surface area contributed by atoms with Crippen LogP contribution in [0.2, 0.25) is 10.6 Å². The Morgan fingerprint density at radius 2 is 1.43 bits per heavy atom. The minimum absolute atomic E-state index is 0.0861. The summed E-state index contributed by atoms with van der Waals surface area (Å²) in [5.74, 6) is 1.00. The van der Waals surface area contributed by atoms with Crippen molar-refractivity contribution >= 4 is 45.9 Å². The summed E-state index contributed by atoms with van der Waals surface area (Å²) in [5.41, 5.74) is 1.01. The first-order chi connectivity index (χ1) is 10.2. The highest BCUT2D eigenvalue weighted by Crippen LogP contribution is 2.26. The zero-order chi connectivity index (χ0) is 15.2. The van der Waals surface area contributed by atoms with Gasteiger partial charge in [0.2, 0.25) is 10.6 Å². The van der Waals surface area contributed by atoms with Crippen molar-refractivity contribution in [3.8, 4) is 0 Å². The third kappa shape index (κ3) is 4.03. The molecule has 0 atom stereocenters. The molecule has 0 aromatic carbocycles. The van der Waals surface area contributed by atoms with Gasteiger partial charge in [-0.3, -0.25) is 0 Å². The van der Waals surface area contributed by atoms with E-state index in [1.54, 1.807) is 0 Å². The molecule has 9 heteroatoms. The number of aliphatic hydroxyl groups is 1. The zero-order valence-electron chi connectivity index (χ0n) is 11.5. The van der Waals surface area contributed by atoms with E-state index in [4.69, 9.17) is 28.3 Å². The normalized spacial score (nSPS) is 10.9. The number of nitrogens with zero attached hydrogens (tertiary/aromatic N) is 4. The van der Waals surface area contributed by atoms with Crippen molar-refractivity contribution in [2.24, 2.45) is 0 Å². The highest BCUT2D eigenvalue weighted by Gasteiger charge is 2.14. The van der Waals surface area contributed by atoms with E-state index in [0.717, 1.165) is 13.0 Å². The van der Waals surface area contributed by atoms with Crippen molar-refractivity contribution < 1.29 is 5.11 Å². The lowest BCUT2D eigenvalue weighted by Gasteiger charge is -2.11.